The van der Waals surface area contributed by atoms with E-state index >= 15 is 0 Å². The molecule has 1 heterocycles. The fourth-order valence-electron chi connectivity index (χ4n) is 1.15. The molecule has 1 aromatic heterocycles. The maximum atomic E-state index is 9.51. The highest BCUT2D eigenvalue weighted by Crippen LogP contribution is 2.25. The Labute approximate surface area is 89.8 Å². The SMILES string of the molecule is CCCCSc1ncccc1C(C)O. The molecule has 2 nitrogen and oxygen atoms in total. The minimum Gasteiger partial charge on any atom is -0.389 e. The third-order valence-corrected chi connectivity index (χ3v) is 3.09. The van der Waals surface area contributed by atoms with E-state index in [2.05, 4.69) is 11.9 Å². The summed E-state index contributed by atoms with van der Waals surface area (Å²) >= 11 is 1.73. The van der Waals surface area contributed by atoms with E-state index in [1.54, 1.807) is 24.9 Å². The molecule has 0 aromatic carbocycles. The van der Waals surface area contributed by atoms with Gasteiger partial charge in [0.05, 0.1) is 6.10 Å². The Morgan fingerprint density at radius 1 is 1.57 bits per heavy atom. The predicted molar refractivity (Wildman–Crippen MR) is 60.5 cm³/mol. The van der Waals surface area contributed by atoms with Crippen molar-refractivity contribution in [1.82, 2.24) is 4.98 Å². The van der Waals surface area contributed by atoms with Gasteiger partial charge >= 0.3 is 0 Å². The Bertz CT molecular complexity index is 276. The van der Waals surface area contributed by atoms with Crippen molar-refractivity contribution in [3.8, 4) is 0 Å². The topological polar surface area (TPSA) is 33.1 Å². The summed E-state index contributed by atoms with van der Waals surface area (Å²) in [5, 5.41) is 10.5. The Morgan fingerprint density at radius 2 is 2.36 bits per heavy atom. The van der Waals surface area contributed by atoms with Gasteiger partial charge in [-0.05, 0) is 25.2 Å². The summed E-state index contributed by atoms with van der Waals surface area (Å²) in [6.45, 7) is 3.95. The van der Waals surface area contributed by atoms with Crippen LogP contribution in [0.3, 0.4) is 0 Å². The standard InChI is InChI=1S/C11H17NOS/c1-3-4-8-14-11-10(9(2)13)6-5-7-12-11/h5-7,9,13H,3-4,8H2,1-2H3. The van der Waals surface area contributed by atoms with Gasteiger partial charge in [-0.1, -0.05) is 19.4 Å². The maximum Gasteiger partial charge on any atom is 0.102 e. The number of hydrogen-bond donors (Lipinski definition) is 1. The van der Waals surface area contributed by atoms with Crippen LogP contribution in [0.25, 0.3) is 0 Å². The van der Waals surface area contributed by atoms with Crippen molar-refractivity contribution in [2.45, 2.75) is 37.8 Å². The summed E-state index contributed by atoms with van der Waals surface area (Å²) in [4.78, 5) is 4.27. The number of aliphatic hydroxyl groups is 1. The first kappa shape index (κ1) is 11.5. The van der Waals surface area contributed by atoms with Gasteiger partial charge in [0.25, 0.3) is 0 Å². The van der Waals surface area contributed by atoms with Crippen molar-refractivity contribution in [3.05, 3.63) is 23.9 Å². The molecule has 0 bridgehead atoms. The molecular formula is C11H17NOS. The number of thioether (sulfide) groups is 1. The molecule has 0 amide bonds. The number of aliphatic hydroxyl groups excluding tert-OH is 1. The first-order valence-electron chi connectivity index (χ1n) is 5.01. The molecule has 0 aliphatic carbocycles. The second kappa shape index (κ2) is 6.04. The molecule has 1 N–H and O–H groups in total. The summed E-state index contributed by atoms with van der Waals surface area (Å²) in [5.41, 5.74) is 0.939. The van der Waals surface area contributed by atoms with Gasteiger partial charge in [0.1, 0.15) is 5.03 Å². The molecule has 1 aromatic rings. The summed E-state index contributed by atoms with van der Waals surface area (Å²) in [7, 11) is 0. The van der Waals surface area contributed by atoms with Crippen molar-refractivity contribution in [3.63, 3.8) is 0 Å². The Balaban J connectivity index is 2.64. The predicted octanol–water partition coefficient (Wildman–Crippen LogP) is 3.03. The van der Waals surface area contributed by atoms with E-state index in [4.69, 9.17) is 0 Å². The lowest BCUT2D eigenvalue weighted by Crippen LogP contribution is -1.96. The van der Waals surface area contributed by atoms with E-state index in [1.165, 1.54) is 12.8 Å². The first-order chi connectivity index (χ1) is 6.75. The van der Waals surface area contributed by atoms with Crippen LogP contribution in [-0.4, -0.2) is 15.8 Å². The maximum absolute atomic E-state index is 9.51. The van der Waals surface area contributed by atoms with Gasteiger partial charge < -0.3 is 5.11 Å². The van der Waals surface area contributed by atoms with Crippen LogP contribution in [0.1, 0.15) is 38.4 Å². The number of rotatable bonds is 5. The molecular weight excluding hydrogens is 194 g/mol. The highest BCUT2D eigenvalue weighted by atomic mass is 32.2. The third-order valence-electron chi connectivity index (χ3n) is 1.99. The molecule has 0 radical (unpaired) electrons. The molecule has 0 spiro atoms. The van der Waals surface area contributed by atoms with Crippen LogP contribution >= 0.6 is 11.8 Å². The summed E-state index contributed by atoms with van der Waals surface area (Å²) in [5.74, 6) is 1.08. The van der Waals surface area contributed by atoms with Crippen molar-refractivity contribution >= 4 is 11.8 Å². The molecule has 14 heavy (non-hydrogen) atoms. The van der Waals surface area contributed by atoms with Crippen molar-refractivity contribution < 1.29 is 5.11 Å². The fraction of sp³-hybridized carbons (Fsp3) is 0.545. The van der Waals surface area contributed by atoms with E-state index < -0.39 is 6.10 Å². The van der Waals surface area contributed by atoms with E-state index in [1.807, 2.05) is 12.1 Å². The Kier molecular flexibility index (Phi) is 4.98. The third kappa shape index (κ3) is 3.31. The number of aromatic nitrogens is 1. The van der Waals surface area contributed by atoms with Crippen LogP contribution in [0.4, 0.5) is 0 Å². The molecule has 0 saturated heterocycles. The second-order valence-electron chi connectivity index (χ2n) is 3.28. The van der Waals surface area contributed by atoms with Gasteiger partial charge in [0, 0.05) is 11.8 Å². The largest absolute Gasteiger partial charge is 0.389 e. The average Bonchev–Trinajstić information content (AvgIpc) is 2.19. The minimum atomic E-state index is -0.423. The van der Waals surface area contributed by atoms with Crippen molar-refractivity contribution in [1.29, 1.82) is 0 Å². The monoisotopic (exact) mass is 211 g/mol. The van der Waals surface area contributed by atoms with E-state index in [0.717, 1.165) is 16.3 Å². The number of unbranched alkanes of at least 4 members (excludes halogenated alkanes) is 1. The highest BCUT2D eigenvalue weighted by Gasteiger charge is 2.08. The molecule has 1 unspecified atom stereocenters. The van der Waals surface area contributed by atoms with Gasteiger partial charge in [0.2, 0.25) is 0 Å². The van der Waals surface area contributed by atoms with Gasteiger partial charge in [-0.25, -0.2) is 4.98 Å². The van der Waals surface area contributed by atoms with Crippen molar-refractivity contribution in [2.24, 2.45) is 0 Å². The molecule has 0 saturated carbocycles. The number of hydrogen-bond acceptors (Lipinski definition) is 3. The summed E-state index contributed by atoms with van der Waals surface area (Å²) in [6.07, 6.45) is 3.75. The van der Waals surface area contributed by atoms with Gasteiger partial charge in [-0.3, -0.25) is 0 Å². The zero-order valence-electron chi connectivity index (χ0n) is 8.73. The molecule has 3 heteroatoms. The van der Waals surface area contributed by atoms with Crippen LogP contribution in [0, 0.1) is 0 Å². The van der Waals surface area contributed by atoms with E-state index in [0.29, 0.717) is 0 Å². The first-order valence-corrected chi connectivity index (χ1v) is 6.00. The minimum absolute atomic E-state index is 0.423. The van der Waals surface area contributed by atoms with Crippen molar-refractivity contribution in [2.75, 3.05) is 5.75 Å². The highest BCUT2D eigenvalue weighted by molar-refractivity contribution is 7.99. The van der Waals surface area contributed by atoms with Crippen LogP contribution in [-0.2, 0) is 0 Å². The molecule has 0 aliphatic heterocycles. The molecule has 78 valence electrons. The zero-order valence-corrected chi connectivity index (χ0v) is 9.55. The Morgan fingerprint density at radius 3 is 3.00 bits per heavy atom. The Hall–Kier alpha value is -0.540. The van der Waals surface area contributed by atoms with Gasteiger partial charge in [-0.2, -0.15) is 0 Å². The molecule has 1 rings (SSSR count). The van der Waals surface area contributed by atoms with E-state index in [-0.39, 0.29) is 0 Å². The quantitative estimate of drug-likeness (QED) is 0.600. The molecule has 1 atom stereocenters. The van der Waals surface area contributed by atoms with Gasteiger partial charge in [-0.15, -0.1) is 11.8 Å². The molecule has 0 aliphatic rings. The molecule has 0 fully saturated rings. The number of pyridine rings is 1. The second-order valence-corrected chi connectivity index (χ2v) is 4.36. The van der Waals surface area contributed by atoms with E-state index in [9.17, 15) is 5.11 Å². The van der Waals surface area contributed by atoms with Crippen LogP contribution in [0.15, 0.2) is 23.4 Å². The average molecular weight is 211 g/mol. The summed E-state index contributed by atoms with van der Waals surface area (Å²) in [6, 6.07) is 3.80. The van der Waals surface area contributed by atoms with Gasteiger partial charge in [0.15, 0.2) is 0 Å². The lowest BCUT2D eigenvalue weighted by atomic mass is 10.2. The normalized spacial score (nSPS) is 12.8. The van der Waals surface area contributed by atoms with Crippen LogP contribution in [0.5, 0.6) is 0 Å². The lowest BCUT2D eigenvalue weighted by molar-refractivity contribution is 0.195. The summed E-state index contributed by atoms with van der Waals surface area (Å²) < 4.78 is 0. The number of nitrogens with zero attached hydrogens (tertiary/aromatic N) is 1. The van der Waals surface area contributed by atoms with Crippen LogP contribution in [0.2, 0.25) is 0 Å². The smallest absolute Gasteiger partial charge is 0.102 e. The van der Waals surface area contributed by atoms with Crippen LogP contribution < -0.4 is 0 Å². The lowest BCUT2D eigenvalue weighted by Gasteiger charge is -2.09. The zero-order chi connectivity index (χ0) is 10.4. The fourth-order valence-corrected chi connectivity index (χ4v) is 2.32.